The third-order valence-electron chi connectivity index (χ3n) is 3.02. The first-order valence-electron chi connectivity index (χ1n) is 5.71. The highest BCUT2D eigenvalue weighted by Gasteiger charge is 2.23. The first kappa shape index (κ1) is 11.1. The fourth-order valence-electron chi connectivity index (χ4n) is 2.09. The maximum Gasteiger partial charge on any atom is 0.272 e. The number of aromatic nitrogens is 1. The molecule has 1 saturated heterocycles. The van der Waals surface area contributed by atoms with Crippen LogP contribution in [0.25, 0.3) is 0 Å². The van der Waals surface area contributed by atoms with E-state index in [1.807, 2.05) is 17.0 Å². The van der Waals surface area contributed by atoms with Gasteiger partial charge >= 0.3 is 0 Å². The molecule has 1 amide bonds. The Morgan fingerprint density at radius 3 is 3.12 bits per heavy atom. The van der Waals surface area contributed by atoms with Crippen molar-refractivity contribution in [2.75, 3.05) is 19.6 Å². The molecular formula is C12H17N3O. The predicted octanol–water partition coefficient (Wildman–Crippen LogP) is 0.893. The van der Waals surface area contributed by atoms with Gasteiger partial charge in [-0.1, -0.05) is 6.07 Å². The summed E-state index contributed by atoms with van der Waals surface area (Å²) < 4.78 is 0. The van der Waals surface area contributed by atoms with Gasteiger partial charge in [0.2, 0.25) is 0 Å². The lowest BCUT2D eigenvalue weighted by molar-refractivity contribution is 0.0672. The van der Waals surface area contributed by atoms with E-state index in [1.54, 1.807) is 12.3 Å². The molecular weight excluding hydrogens is 202 g/mol. The predicted molar refractivity (Wildman–Crippen MR) is 61.9 cm³/mol. The summed E-state index contributed by atoms with van der Waals surface area (Å²) >= 11 is 0. The maximum atomic E-state index is 12.1. The van der Waals surface area contributed by atoms with Gasteiger partial charge in [0.25, 0.3) is 5.91 Å². The van der Waals surface area contributed by atoms with Crippen LogP contribution in [0.4, 0.5) is 0 Å². The van der Waals surface area contributed by atoms with Gasteiger partial charge in [0.1, 0.15) is 5.69 Å². The first-order valence-corrected chi connectivity index (χ1v) is 5.71. The number of hydrogen-bond acceptors (Lipinski definition) is 3. The van der Waals surface area contributed by atoms with Gasteiger partial charge in [-0.3, -0.25) is 9.78 Å². The molecule has 2 rings (SSSR count). The number of carbonyl (C=O) groups excluding carboxylic acids is 1. The van der Waals surface area contributed by atoms with Gasteiger partial charge in [0, 0.05) is 19.3 Å². The average Bonchev–Trinajstić information content (AvgIpc) is 2.39. The van der Waals surface area contributed by atoms with Crippen LogP contribution in [-0.2, 0) is 0 Å². The van der Waals surface area contributed by atoms with Gasteiger partial charge < -0.3 is 10.6 Å². The Kier molecular flexibility index (Phi) is 3.51. The van der Waals surface area contributed by atoms with Crippen molar-refractivity contribution < 1.29 is 4.79 Å². The standard InChI is InChI=1S/C12H17N3O/c13-8-10-4-3-7-15(9-10)12(16)11-5-1-2-6-14-11/h1-2,5-6,10H,3-4,7-9,13H2/t10-/m1/s1. The zero-order chi connectivity index (χ0) is 11.4. The molecule has 2 heterocycles. The molecule has 1 atom stereocenters. The third kappa shape index (κ3) is 2.39. The van der Waals surface area contributed by atoms with Crippen molar-refractivity contribution in [2.45, 2.75) is 12.8 Å². The van der Waals surface area contributed by atoms with Crippen LogP contribution in [0.3, 0.4) is 0 Å². The normalized spacial score (nSPS) is 20.8. The summed E-state index contributed by atoms with van der Waals surface area (Å²) in [4.78, 5) is 18.0. The molecule has 4 heteroatoms. The molecule has 1 aliphatic heterocycles. The minimum atomic E-state index is 0.0266. The lowest BCUT2D eigenvalue weighted by Crippen LogP contribution is -2.42. The number of pyridine rings is 1. The van der Waals surface area contributed by atoms with Crippen molar-refractivity contribution >= 4 is 5.91 Å². The van der Waals surface area contributed by atoms with Crippen molar-refractivity contribution in [2.24, 2.45) is 11.7 Å². The smallest absolute Gasteiger partial charge is 0.272 e. The van der Waals surface area contributed by atoms with E-state index in [0.29, 0.717) is 18.2 Å². The molecule has 1 aromatic rings. The number of carbonyl (C=O) groups is 1. The van der Waals surface area contributed by atoms with Crippen LogP contribution < -0.4 is 5.73 Å². The Bertz CT molecular complexity index is 353. The molecule has 2 N–H and O–H groups in total. The van der Waals surface area contributed by atoms with Crippen LogP contribution in [0, 0.1) is 5.92 Å². The number of piperidine rings is 1. The van der Waals surface area contributed by atoms with Gasteiger partial charge in [0.05, 0.1) is 0 Å². The highest BCUT2D eigenvalue weighted by atomic mass is 16.2. The number of amides is 1. The van der Waals surface area contributed by atoms with Crippen LogP contribution in [0.1, 0.15) is 23.3 Å². The van der Waals surface area contributed by atoms with Gasteiger partial charge in [-0.05, 0) is 37.4 Å². The van der Waals surface area contributed by atoms with Crippen LogP contribution in [0.2, 0.25) is 0 Å². The second-order valence-electron chi connectivity index (χ2n) is 4.21. The highest BCUT2D eigenvalue weighted by molar-refractivity contribution is 5.92. The van der Waals surface area contributed by atoms with Crippen LogP contribution in [0.15, 0.2) is 24.4 Å². The maximum absolute atomic E-state index is 12.1. The summed E-state index contributed by atoms with van der Waals surface area (Å²) in [6.45, 7) is 2.25. The van der Waals surface area contributed by atoms with Gasteiger partial charge in [0.15, 0.2) is 0 Å². The van der Waals surface area contributed by atoms with Crippen LogP contribution >= 0.6 is 0 Å². The molecule has 0 aliphatic carbocycles. The summed E-state index contributed by atoms with van der Waals surface area (Å²) in [6, 6.07) is 5.41. The molecule has 0 saturated carbocycles. The number of likely N-dealkylation sites (tertiary alicyclic amines) is 1. The molecule has 86 valence electrons. The second-order valence-corrected chi connectivity index (χ2v) is 4.21. The van der Waals surface area contributed by atoms with Crippen LogP contribution in [-0.4, -0.2) is 35.4 Å². The van der Waals surface area contributed by atoms with E-state index < -0.39 is 0 Å². The van der Waals surface area contributed by atoms with Gasteiger partial charge in [-0.2, -0.15) is 0 Å². The molecule has 0 bridgehead atoms. The minimum absolute atomic E-state index is 0.0266. The fourth-order valence-corrected chi connectivity index (χ4v) is 2.09. The van der Waals surface area contributed by atoms with E-state index >= 15 is 0 Å². The quantitative estimate of drug-likeness (QED) is 0.803. The molecule has 1 aromatic heterocycles. The van der Waals surface area contributed by atoms with Gasteiger partial charge in [-0.25, -0.2) is 0 Å². The van der Waals surface area contributed by atoms with E-state index in [1.165, 1.54) is 0 Å². The number of rotatable bonds is 2. The minimum Gasteiger partial charge on any atom is -0.337 e. The fraction of sp³-hybridized carbons (Fsp3) is 0.500. The van der Waals surface area contributed by atoms with E-state index in [0.717, 1.165) is 25.9 Å². The van der Waals surface area contributed by atoms with Crippen molar-refractivity contribution in [3.63, 3.8) is 0 Å². The first-order chi connectivity index (χ1) is 7.81. The summed E-state index contributed by atoms with van der Waals surface area (Å²) in [6.07, 6.45) is 3.82. The Morgan fingerprint density at radius 1 is 1.56 bits per heavy atom. The monoisotopic (exact) mass is 219 g/mol. The Labute approximate surface area is 95.5 Å². The molecule has 1 aliphatic rings. The number of hydrogen-bond donors (Lipinski definition) is 1. The lowest BCUT2D eigenvalue weighted by atomic mass is 9.98. The number of nitrogens with zero attached hydrogens (tertiary/aromatic N) is 2. The van der Waals surface area contributed by atoms with Crippen molar-refractivity contribution in [1.29, 1.82) is 0 Å². The van der Waals surface area contributed by atoms with Crippen molar-refractivity contribution in [1.82, 2.24) is 9.88 Å². The van der Waals surface area contributed by atoms with Crippen molar-refractivity contribution in [3.8, 4) is 0 Å². The topological polar surface area (TPSA) is 59.2 Å². The van der Waals surface area contributed by atoms with Crippen molar-refractivity contribution in [3.05, 3.63) is 30.1 Å². The zero-order valence-corrected chi connectivity index (χ0v) is 9.30. The molecule has 0 radical (unpaired) electrons. The van der Waals surface area contributed by atoms with E-state index in [9.17, 15) is 4.79 Å². The Morgan fingerprint density at radius 2 is 2.44 bits per heavy atom. The van der Waals surface area contributed by atoms with E-state index in [4.69, 9.17) is 5.73 Å². The highest BCUT2D eigenvalue weighted by Crippen LogP contribution is 2.16. The number of nitrogens with two attached hydrogens (primary N) is 1. The molecule has 0 spiro atoms. The molecule has 0 aromatic carbocycles. The molecule has 1 fully saturated rings. The van der Waals surface area contributed by atoms with Gasteiger partial charge in [-0.15, -0.1) is 0 Å². The van der Waals surface area contributed by atoms with Crippen LogP contribution in [0.5, 0.6) is 0 Å². The molecule has 4 nitrogen and oxygen atoms in total. The average molecular weight is 219 g/mol. The lowest BCUT2D eigenvalue weighted by Gasteiger charge is -2.31. The summed E-state index contributed by atoms with van der Waals surface area (Å²) in [5.74, 6) is 0.472. The summed E-state index contributed by atoms with van der Waals surface area (Å²) in [7, 11) is 0. The third-order valence-corrected chi connectivity index (χ3v) is 3.02. The molecule has 16 heavy (non-hydrogen) atoms. The Balaban J connectivity index is 2.05. The Hall–Kier alpha value is -1.42. The SMILES string of the molecule is NC[C@H]1CCCN(C(=O)c2ccccn2)C1. The summed E-state index contributed by atoms with van der Waals surface area (Å²) in [5.41, 5.74) is 6.18. The second kappa shape index (κ2) is 5.07. The largest absolute Gasteiger partial charge is 0.337 e. The van der Waals surface area contributed by atoms with E-state index in [-0.39, 0.29) is 5.91 Å². The zero-order valence-electron chi connectivity index (χ0n) is 9.30. The molecule has 0 unspecified atom stereocenters. The summed E-state index contributed by atoms with van der Waals surface area (Å²) in [5, 5.41) is 0. The van der Waals surface area contributed by atoms with E-state index in [2.05, 4.69) is 4.98 Å².